The van der Waals surface area contributed by atoms with Gasteiger partial charge in [-0.1, -0.05) is 35.9 Å². The van der Waals surface area contributed by atoms with Gasteiger partial charge in [-0.15, -0.1) is 22.7 Å². The van der Waals surface area contributed by atoms with Crippen molar-refractivity contribution < 1.29 is 4.79 Å². The van der Waals surface area contributed by atoms with Crippen LogP contribution in [0.5, 0.6) is 0 Å². The Morgan fingerprint density at radius 3 is 2.70 bits per heavy atom. The first-order chi connectivity index (χ1) is 13.1. The van der Waals surface area contributed by atoms with Gasteiger partial charge >= 0.3 is 0 Å². The van der Waals surface area contributed by atoms with Gasteiger partial charge < -0.3 is 5.32 Å². The van der Waals surface area contributed by atoms with Crippen molar-refractivity contribution in [3.63, 3.8) is 0 Å². The zero-order valence-electron chi connectivity index (χ0n) is 14.6. The molecule has 0 saturated heterocycles. The number of thiophene rings is 2. The number of aromatic nitrogens is 2. The molecule has 27 heavy (non-hydrogen) atoms. The van der Waals surface area contributed by atoms with Gasteiger partial charge in [0.25, 0.3) is 5.56 Å². The zero-order chi connectivity index (χ0) is 18.8. The Morgan fingerprint density at radius 1 is 1.15 bits per heavy atom. The van der Waals surface area contributed by atoms with E-state index in [2.05, 4.69) is 10.3 Å². The summed E-state index contributed by atoms with van der Waals surface area (Å²) in [5, 5.41) is 7.42. The number of hydrogen-bond donors (Lipinski definition) is 1. The van der Waals surface area contributed by atoms with Crippen molar-refractivity contribution in [2.45, 2.75) is 19.5 Å². The van der Waals surface area contributed by atoms with E-state index in [1.165, 1.54) is 22.2 Å². The summed E-state index contributed by atoms with van der Waals surface area (Å²) in [6, 6.07) is 13.6. The summed E-state index contributed by atoms with van der Waals surface area (Å²) in [7, 11) is 0. The number of nitrogens with one attached hydrogen (secondary N) is 1. The highest BCUT2D eigenvalue weighted by Crippen LogP contribution is 2.26. The minimum Gasteiger partial charge on any atom is -0.343 e. The fraction of sp³-hybridized carbons (Fsp3) is 0.150. The average Bonchev–Trinajstić information content (AvgIpc) is 3.35. The molecule has 5 nitrogen and oxygen atoms in total. The first-order valence-corrected chi connectivity index (χ1v) is 10.2. The van der Waals surface area contributed by atoms with Crippen molar-refractivity contribution in [3.05, 3.63) is 85.9 Å². The summed E-state index contributed by atoms with van der Waals surface area (Å²) in [6.07, 6.45) is 1.44. The van der Waals surface area contributed by atoms with Crippen LogP contribution in [0.25, 0.3) is 10.2 Å². The SMILES string of the molecule is Cc1ccc([C@H](NC(=O)Cn2cnc3sccc3c2=O)c2cccs2)cc1. The largest absolute Gasteiger partial charge is 0.343 e. The quantitative estimate of drug-likeness (QED) is 0.560. The predicted octanol–water partition coefficient (Wildman–Crippen LogP) is 3.73. The molecular formula is C20H17N3O2S2. The van der Waals surface area contributed by atoms with Crippen molar-refractivity contribution in [1.82, 2.24) is 14.9 Å². The molecule has 0 bridgehead atoms. The van der Waals surface area contributed by atoms with Gasteiger partial charge in [0, 0.05) is 4.88 Å². The normalized spacial score (nSPS) is 12.2. The van der Waals surface area contributed by atoms with Crippen molar-refractivity contribution in [2.75, 3.05) is 0 Å². The molecule has 1 N–H and O–H groups in total. The number of benzene rings is 1. The summed E-state index contributed by atoms with van der Waals surface area (Å²) in [5.74, 6) is -0.229. The van der Waals surface area contributed by atoms with E-state index in [0.29, 0.717) is 10.2 Å². The van der Waals surface area contributed by atoms with E-state index in [4.69, 9.17) is 0 Å². The Morgan fingerprint density at radius 2 is 1.96 bits per heavy atom. The van der Waals surface area contributed by atoms with Crippen LogP contribution in [-0.4, -0.2) is 15.5 Å². The van der Waals surface area contributed by atoms with Crippen molar-refractivity contribution in [3.8, 4) is 0 Å². The highest BCUT2D eigenvalue weighted by molar-refractivity contribution is 7.16. The number of carbonyl (C=O) groups excluding carboxylic acids is 1. The average molecular weight is 396 g/mol. The van der Waals surface area contributed by atoms with E-state index in [-0.39, 0.29) is 24.1 Å². The summed E-state index contributed by atoms with van der Waals surface area (Å²) in [4.78, 5) is 31.2. The van der Waals surface area contributed by atoms with E-state index in [1.54, 1.807) is 17.4 Å². The minimum absolute atomic E-state index is 0.0641. The van der Waals surface area contributed by atoms with Gasteiger partial charge in [0.2, 0.25) is 5.91 Å². The topological polar surface area (TPSA) is 64.0 Å². The maximum absolute atomic E-state index is 12.7. The van der Waals surface area contributed by atoms with E-state index >= 15 is 0 Å². The zero-order valence-corrected chi connectivity index (χ0v) is 16.2. The highest BCUT2D eigenvalue weighted by atomic mass is 32.1. The molecule has 1 aromatic carbocycles. The molecule has 0 radical (unpaired) electrons. The molecule has 4 aromatic rings. The summed E-state index contributed by atoms with van der Waals surface area (Å²) in [5.41, 5.74) is 1.98. The third-order valence-electron chi connectivity index (χ3n) is 4.31. The monoisotopic (exact) mass is 395 g/mol. The molecule has 3 aromatic heterocycles. The Labute approximate surface area is 163 Å². The van der Waals surface area contributed by atoms with Crippen LogP contribution in [0.1, 0.15) is 22.0 Å². The Kier molecular flexibility index (Phi) is 4.87. The Balaban J connectivity index is 1.59. The molecule has 0 saturated carbocycles. The van der Waals surface area contributed by atoms with Crippen molar-refractivity contribution >= 4 is 38.8 Å². The van der Waals surface area contributed by atoms with Gasteiger partial charge in [-0.3, -0.25) is 14.2 Å². The molecule has 7 heteroatoms. The maximum atomic E-state index is 12.7. The van der Waals surface area contributed by atoms with Crippen LogP contribution in [0, 0.1) is 6.92 Å². The van der Waals surface area contributed by atoms with Gasteiger partial charge in [0.15, 0.2) is 0 Å². The Bertz CT molecular complexity index is 1130. The minimum atomic E-state index is -0.244. The number of fused-ring (bicyclic) bond motifs is 1. The van der Waals surface area contributed by atoms with Crippen LogP contribution in [0.15, 0.2) is 64.3 Å². The van der Waals surface area contributed by atoms with Crippen LogP contribution in [-0.2, 0) is 11.3 Å². The van der Waals surface area contributed by atoms with Gasteiger partial charge in [-0.25, -0.2) is 4.98 Å². The number of hydrogen-bond acceptors (Lipinski definition) is 5. The molecule has 0 aliphatic heterocycles. The predicted molar refractivity (Wildman–Crippen MR) is 109 cm³/mol. The fourth-order valence-electron chi connectivity index (χ4n) is 2.90. The lowest BCUT2D eigenvalue weighted by atomic mass is 10.0. The van der Waals surface area contributed by atoms with Gasteiger partial charge in [0.05, 0.1) is 17.8 Å². The first kappa shape index (κ1) is 17.6. The maximum Gasteiger partial charge on any atom is 0.262 e. The number of aryl methyl sites for hydroxylation is 1. The Hall–Kier alpha value is -2.77. The second kappa shape index (κ2) is 7.46. The van der Waals surface area contributed by atoms with Crippen LogP contribution >= 0.6 is 22.7 Å². The lowest BCUT2D eigenvalue weighted by molar-refractivity contribution is -0.122. The van der Waals surface area contributed by atoms with Gasteiger partial charge in [-0.05, 0) is 35.4 Å². The lowest BCUT2D eigenvalue weighted by Gasteiger charge is -2.18. The smallest absolute Gasteiger partial charge is 0.262 e. The molecule has 1 atom stereocenters. The van der Waals surface area contributed by atoms with E-state index in [9.17, 15) is 9.59 Å². The molecular weight excluding hydrogens is 378 g/mol. The summed E-state index contributed by atoms with van der Waals surface area (Å²) in [6.45, 7) is 1.97. The molecule has 0 aliphatic carbocycles. The van der Waals surface area contributed by atoms with Crippen LogP contribution in [0.3, 0.4) is 0 Å². The summed E-state index contributed by atoms with van der Waals surface area (Å²) < 4.78 is 1.35. The van der Waals surface area contributed by atoms with E-state index < -0.39 is 0 Å². The molecule has 4 rings (SSSR count). The second-order valence-electron chi connectivity index (χ2n) is 6.24. The highest BCUT2D eigenvalue weighted by Gasteiger charge is 2.18. The number of rotatable bonds is 5. The summed E-state index contributed by atoms with van der Waals surface area (Å²) >= 11 is 3.00. The molecule has 3 heterocycles. The number of nitrogens with zero attached hydrogens (tertiary/aromatic N) is 2. The number of amides is 1. The van der Waals surface area contributed by atoms with Crippen molar-refractivity contribution in [2.24, 2.45) is 0 Å². The van der Waals surface area contributed by atoms with Crippen LogP contribution in [0.4, 0.5) is 0 Å². The van der Waals surface area contributed by atoms with Gasteiger partial charge in [-0.2, -0.15) is 0 Å². The van der Waals surface area contributed by atoms with Gasteiger partial charge in [0.1, 0.15) is 11.4 Å². The van der Waals surface area contributed by atoms with Crippen LogP contribution in [0.2, 0.25) is 0 Å². The lowest BCUT2D eigenvalue weighted by Crippen LogP contribution is -2.35. The van der Waals surface area contributed by atoms with E-state index in [0.717, 1.165) is 16.0 Å². The standard InChI is InChI=1S/C20H17N3O2S2/c1-13-4-6-14(7-5-13)18(16-3-2-9-26-16)22-17(24)11-23-12-21-19-15(20(23)25)8-10-27-19/h2-10,12,18H,11H2,1H3,(H,22,24)/t18-/m0/s1. The third-order valence-corrected chi connectivity index (χ3v) is 6.07. The van der Waals surface area contributed by atoms with Crippen LogP contribution < -0.4 is 10.9 Å². The molecule has 136 valence electrons. The fourth-order valence-corrected chi connectivity index (χ4v) is 4.43. The third kappa shape index (κ3) is 3.70. The molecule has 0 fully saturated rings. The molecule has 0 aliphatic rings. The first-order valence-electron chi connectivity index (χ1n) is 8.44. The van der Waals surface area contributed by atoms with E-state index in [1.807, 2.05) is 54.1 Å². The molecule has 1 amide bonds. The van der Waals surface area contributed by atoms with Crippen molar-refractivity contribution in [1.29, 1.82) is 0 Å². The molecule has 0 unspecified atom stereocenters. The number of carbonyl (C=O) groups is 1. The molecule has 0 spiro atoms. The second-order valence-corrected chi connectivity index (χ2v) is 8.12.